The number of fused-ring (bicyclic) bond motifs is 1. The third kappa shape index (κ3) is 2.01. The first-order chi connectivity index (χ1) is 8.23. The lowest BCUT2D eigenvalue weighted by Crippen LogP contribution is -2.27. The van der Waals surface area contributed by atoms with E-state index in [9.17, 15) is 8.42 Å². The highest BCUT2D eigenvalue weighted by molar-refractivity contribution is 7.92. The van der Waals surface area contributed by atoms with E-state index in [4.69, 9.17) is 0 Å². The van der Waals surface area contributed by atoms with E-state index in [0.717, 1.165) is 16.5 Å². The van der Waals surface area contributed by atoms with Gasteiger partial charge in [0.2, 0.25) is 0 Å². The van der Waals surface area contributed by atoms with Gasteiger partial charge in [0, 0.05) is 17.3 Å². The van der Waals surface area contributed by atoms with Crippen molar-refractivity contribution >= 4 is 20.6 Å². The first-order valence-electron chi connectivity index (χ1n) is 5.83. The fraction of sp³-hybridized carbons (Fsp3) is 0.357. The van der Waals surface area contributed by atoms with E-state index >= 15 is 0 Å². The van der Waals surface area contributed by atoms with Gasteiger partial charge in [0.15, 0.2) is 9.84 Å². The molecule has 1 heterocycles. The summed E-state index contributed by atoms with van der Waals surface area (Å²) in [5.74, 6) is 0. The lowest BCUT2D eigenvalue weighted by atomic mass is 10.1. The normalized spacial score (nSPS) is 12.9. The van der Waals surface area contributed by atoms with Crippen molar-refractivity contribution in [1.82, 2.24) is 4.98 Å². The van der Waals surface area contributed by atoms with E-state index in [-0.39, 0.29) is 0 Å². The Balaban J connectivity index is 2.70. The van der Waals surface area contributed by atoms with Crippen LogP contribution < -0.4 is 0 Å². The third-order valence-corrected chi connectivity index (χ3v) is 5.54. The van der Waals surface area contributed by atoms with Crippen LogP contribution in [0.3, 0.4) is 0 Å². The SMILES string of the molecule is Cc1nccc2cc(S(=O)(=O)C(C)(C)C)ccc12. The fourth-order valence-electron chi connectivity index (χ4n) is 1.83. The van der Waals surface area contributed by atoms with Gasteiger partial charge in [0.1, 0.15) is 0 Å². The smallest absolute Gasteiger partial charge is 0.183 e. The van der Waals surface area contributed by atoms with Crippen LogP contribution in [-0.2, 0) is 9.84 Å². The number of benzene rings is 1. The Morgan fingerprint density at radius 2 is 1.78 bits per heavy atom. The second kappa shape index (κ2) is 4.05. The maximum atomic E-state index is 12.4. The summed E-state index contributed by atoms with van der Waals surface area (Å²) in [4.78, 5) is 4.57. The number of sulfone groups is 1. The van der Waals surface area contributed by atoms with Crippen LogP contribution in [0.2, 0.25) is 0 Å². The van der Waals surface area contributed by atoms with Crippen LogP contribution in [0.1, 0.15) is 26.5 Å². The molecule has 0 bridgehead atoms. The summed E-state index contributed by atoms with van der Waals surface area (Å²) >= 11 is 0. The Labute approximate surface area is 108 Å². The van der Waals surface area contributed by atoms with E-state index < -0.39 is 14.6 Å². The summed E-state index contributed by atoms with van der Waals surface area (Å²) < 4.78 is 23.9. The average Bonchev–Trinajstić information content (AvgIpc) is 2.27. The van der Waals surface area contributed by atoms with Gasteiger partial charge in [-0.1, -0.05) is 6.07 Å². The Morgan fingerprint density at radius 3 is 2.39 bits per heavy atom. The van der Waals surface area contributed by atoms with Gasteiger partial charge in [-0.3, -0.25) is 4.98 Å². The van der Waals surface area contributed by atoms with Gasteiger partial charge in [0.25, 0.3) is 0 Å². The van der Waals surface area contributed by atoms with Crippen molar-refractivity contribution in [2.45, 2.75) is 37.3 Å². The zero-order chi connectivity index (χ0) is 13.6. The molecule has 0 radical (unpaired) electrons. The Morgan fingerprint density at radius 1 is 1.11 bits per heavy atom. The molecule has 1 aromatic heterocycles. The minimum Gasteiger partial charge on any atom is -0.261 e. The molecule has 2 aromatic rings. The monoisotopic (exact) mass is 263 g/mol. The maximum absolute atomic E-state index is 12.4. The van der Waals surface area contributed by atoms with E-state index in [2.05, 4.69) is 4.98 Å². The number of aromatic nitrogens is 1. The zero-order valence-electron chi connectivity index (χ0n) is 11.1. The van der Waals surface area contributed by atoms with E-state index in [0.29, 0.717) is 4.90 Å². The van der Waals surface area contributed by atoms with Gasteiger partial charge in [0.05, 0.1) is 9.64 Å². The minimum absolute atomic E-state index is 0.369. The summed E-state index contributed by atoms with van der Waals surface area (Å²) in [5.41, 5.74) is 0.909. The number of aryl methyl sites for hydroxylation is 1. The quantitative estimate of drug-likeness (QED) is 0.794. The molecule has 0 unspecified atom stereocenters. The molecule has 0 saturated heterocycles. The first kappa shape index (κ1) is 13.0. The van der Waals surface area contributed by atoms with Crippen molar-refractivity contribution in [1.29, 1.82) is 0 Å². The van der Waals surface area contributed by atoms with Crippen LogP contribution in [0, 0.1) is 6.92 Å². The standard InChI is InChI=1S/C14H17NO2S/c1-10-13-6-5-12(9-11(13)7-8-15-10)18(16,17)14(2,3)4/h5-9H,1-4H3. The number of nitrogens with zero attached hydrogens (tertiary/aromatic N) is 1. The molecular weight excluding hydrogens is 246 g/mol. The number of pyridine rings is 1. The molecule has 96 valence electrons. The highest BCUT2D eigenvalue weighted by atomic mass is 32.2. The molecule has 0 atom stereocenters. The van der Waals surface area contributed by atoms with Crippen LogP contribution in [0.5, 0.6) is 0 Å². The predicted octanol–water partition coefficient (Wildman–Crippen LogP) is 3.12. The predicted molar refractivity (Wildman–Crippen MR) is 73.4 cm³/mol. The minimum atomic E-state index is -3.30. The highest BCUT2D eigenvalue weighted by Crippen LogP contribution is 2.27. The fourth-order valence-corrected chi connectivity index (χ4v) is 3.06. The van der Waals surface area contributed by atoms with Crippen LogP contribution >= 0.6 is 0 Å². The number of rotatable bonds is 1. The molecule has 0 aliphatic heterocycles. The van der Waals surface area contributed by atoms with Crippen LogP contribution in [0.25, 0.3) is 10.8 Å². The molecule has 2 rings (SSSR count). The molecule has 1 aromatic carbocycles. The topological polar surface area (TPSA) is 47.0 Å². The van der Waals surface area contributed by atoms with Gasteiger partial charge >= 0.3 is 0 Å². The lowest BCUT2D eigenvalue weighted by Gasteiger charge is -2.19. The number of hydrogen-bond donors (Lipinski definition) is 0. The van der Waals surface area contributed by atoms with E-state index in [1.165, 1.54) is 0 Å². The zero-order valence-corrected chi connectivity index (χ0v) is 11.9. The van der Waals surface area contributed by atoms with E-state index in [1.54, 1.807) is 39.1 Å². The summed E-state index contributed by atoms with van der Waals surface area (Å²) in [5, 5.41) is 1.90. The molecule has 0 N–H and O–H groups in total. The summed E-state index contributed by atoms with van der Waals surface area (Å²) in [6, 6.07) is 7.06. The molecular formula is C14H17NO2S. The molecule has 0 spiro atoms. The molecule has 3 nitrogen and oxygen atoms in total. The first-order valence-corrected chi connectivity index (χ1v) is 7.32. The Kier molecular flexibility index (Phi) is 2.93. The average molecular weight is 263 g/mol. The van der Waals surface area contributed by atoms with Crippen molar-refractivity contribution in [3.05, 3.63) is 36.2 Å². The molecule has 0 fully saturated rings. The Hall–Kier alpha value is -1.42. The number of hydrogen-bond acceptors (Lipinski definition) is 3. The highest BCUT2D eigenvalue weighted by Gasteiger charge is 2.30. The molecule has 0 saturated carbocycles. The second-order valence-corrected chi connectivity index (χ2v) is 8.10. The lowest BCUT2D eigenvalue weighted by molar-refractivity contribution is 0.560. The third-order valence-electron chi connectivity index (χ3n) is 3.05. The van der Waals surface area contributed by atoms with Crippen molar-refractivity contribution in [2.24, 2.45) is 0 Å². The van der Waals surface area contributed by atoms with Crippen molar-refractivity contribution in [3.63, 3.8) is 0 Å². The van der Waals surface area contributed by atoms with Gasteiger partial charge in [-0.25, -0.2) is 8.42 Å². The molecule has 0 aliphatic rings. The van der Waals surface area contributed by atoms with Crippen molar-refractivity contribution < 1.29 is 8.42 Å². The molecule has 0 aliphatic carbocycles. The van der Waals surface area contributed by atoms with Gasteiger partial charge < -0.3 is 0 Å². The molecule has 4 heteroatoms. The second-order valence-electron chi connectivity index (χ2n) is 5.40. The van der Waals surface area contributed by atoms with Gasteiger partial charge in [-0.2, -0.15) is 0 Å². The summed E-state index contributed by atoms with van der Waals surface area (Å²) in [7, 11) is -3.30. The molecule has 0 amide bonds. The van der Waals surface area contributed by atoms with Crippen LogP contribution in [0.4, 0.5) is 0 Å². The van der Waals surface area contributed by atoms with Gasteiger partial charge in [-0.15, -0.1) is 0 Å². The van der Waals surface area contributed by atoms with Crippen LogP contribution in [-0.4, -0.2) is 18.1 Å². The summed E-state index contributed by atoms with van der Waals surface area (Å²) in [6.07, 6.45) is 1.70. The van der Waals surface area contributed by atoms with Gasteiger partial charge in [-0.05, 0) is 51.3 Å². The van der Waals surface area contributed by atoms with Crippen molar-refractivity contribution in [3.8, 4) is 0 Å². The van der Waals surface area contributed by atoms with E-state index in [1.807, 2.05) is 19.1 Å². The van der Waals surface area contributed by atoms with Crippen LogP contribution in [0.15, 0.2) is 35.4 Å². The van der Waals surface area contributed by atoms with Crippen molar-refractivity contribution in [2.75, 3.05) is 0 Å². The maximum Gasteiger partial charge on any atom is 0.183 e. The summed E-state index contributed by atoms with van der Waals surface area (Å²) in [6.45, 7) is 7.05. The molecule has 18 heavy (non-hydrogen) atoms. The largest absolute Gasteiger partial charge is 0.261 e. The Bertz CT molecular complexity index is 697.